The Hall–Kier alpha value is -1.78. The van der Waals surface area contributed by atoms with Crippen LogP contribution in [0.25, 0.3) is 0 Å². The summed E-state index contributed by atoms with van der Waals surface area (Å²) in [6.07, 6.45) is 12.9. The van der Waals surface area contributed by atoms with Crippen molar-refractivity contribution in [3.8, 4) is 0 Å². The first-order valence-corrected chi connectivity index (χ1v) is 14.4. The summed E-state index contributed by atoms with van der Waals surface area (Å²) < 4.78 is 17.5. The number of carbonyl (C=O) groups excluding carboxylic acids is 2. The maximum Gasteiger partial charge on any atom is 0.302 e. The molecule has 4 aliphatic carbocycles. The Kier molecular flexibility index (Phi) is 6.83. The van der Waals surface area contributed by atoms with Crippen molar-refractivity contribution in [3.63, 3.8) is 0 Å². The molecule has 3 saturated carbocycles. The van der Waals surface area contributed by atoms with E-state index in [4.69, 9.17) is 14.2 Å². The van der Waals surface area contributed by atoms with E-state index in [1.165, 1.54) is 50.9 Å². The second-order valence-electron chi connectivity index (χ2n) is 13.2. The van der Waals surface area contributed by atoms with Crippen molar-refractivity contribution in [1.29, 1.82) is 0 Å². The highest BCUT2D eigenvalue weighted by molar-refractivity contribution is 5.66. The van der Waals surface area contributed by atoms with E-state index in [1.807, 2.05) is 0 Å². The third kappa shape index (κ3) is 4.32. The summed E-state index contributed by atoms with van der Waals surface area (Å²) >= 11 is 0. The summed E-state index contributed by atoms with van der Waals surface area (Å²) in [4.78, 5) is 22.7. The fourth-order valence-electron chi connectivity index (χ4n) is 9.27. The van der Waals surface area contributed by atoms with Gasteiger partial charge in [-0.25, -0.2) is 0 Å². The van der Waals surface area contributed by atoms with Gasteiger partial charge >= 0.3 is 11.9 Å². The van der Waals surface area contributed by atoms with Crippen LogP contribution in [0.15, 0.2) is 23.0 Å². The van der Waals surface area contributed by atoms with E-state index >= 15 is 0 Å². The van der Waals surface area contributed by atoms with Gasteiger partial charge in [-0.2, -0.15) is 0 Å². The molecule has 5 nitrogen and oxygen atoms in total. The largest absolute Gasteiger partial charge is 0.494 e. The number of rotatable bonds is 6. The van der Waals surface area contributed by atoms with Crippen LogP contribution in [0.4, 0.5) is 0 Å². The molecule has 0 N–H and O–H groups in total. The highest BCUT2D eigenvalue weighted by atomic mass is 16.5. The number of hydrogen-bond donors (Lipinski definition) is 0. The minimum Gasteiger partial charge on any atom is -0.494 e. The molecule has 5 heteroatoms. The molecule has 0 amide bonds. The zero-order chi connectivity index (χ0) is 25.8. The zero-order valence-electron chi connectivity index (χ0n) is 23.2. The van der Waals surface area contributed by atoms with E-state index in [1.54, 1.807) is 5.57 Å². The van der Waals surface area contributed by atoms with Gasteiger partial charge in [-0.05, 0) is 91.9 Å². The quantitative estimate of drug-likeness (QED) is 0.299. The van der Waals surface area contributed by atoms with Gasteiger partial charge in [0.2, 0.25) is 0 Å². The fraction of sp³-hybridized carbons (Fsp3) is 0.806. The minimum atomic E-state index is -0.200. The highest BCUT2D eigenvalue weighted by Crippen LogP contribution is 2.69. The first-order chi connectivity index (χ1) is 17.0. The van der Waals surface area contributed by atoms with Gasteiger partial charge in [0.15, 0.2) is 0 Å². The van der Waals surface area contributed by atoms with Crippen molar-refractivity contribution in [2.45, 2.75) is 112 Å². The highest BCUT2D eigenvalue weighted by Gasteiger charge is 2.63. The van der Waals surface area contributed by atoms with Crippen molar-refractivity contribution in [3.05, 3.63) is 23.0 Å². The first-order valence-electron chi connectivity index (χ1n) is 14.4. The molecule has 1 heterocycles. The Balaban J connectivity index is 1.29. The number of ether oxygens (including phenoxy) is 3. The molecular formula is C31H46O5. The fourth-order valence-corrected chi connectivity index (χ4v) is 9.27. The smallest absolute Gasteiger partial charge is 0.302 e. The minimum absolute atomic E-state index is 0.0643. The van der Waals surface area contributed by atoms with Gasteiger partial charge in [-0.15, -0.1) is 0 Å². The van der Waals surface area contributed by atoms with Crippen molar-refractivity contribution in [1.82, 2.24) is 0 Å². The number of hydrogen-bond acceptors (Lipinski definition) is 5. The molecule has 0 aromatic carbocycles. The summed E-state index contributed by atoms with van der Waals surface area (Å²) in [7, 11) is 0. The lowest BCUT2D eigenvalue weighted by Crippen LogP contribution is -2.50. The van der Waals surface area contributed by atoms with E-state index in [2.05, 4.69) is 33.8 Å². The molecule has 200 valence electrons. The Bertz CT molecular complexity index is 964. The number of esters is 2. The Labute approximate surface area is 217 Å². The monoisotopic (exact) mass is 498 g/mol. The predicted octanol–water partition coefficient (Wildman–Crippen LogP) is 6.76. The molecular weight excluding hydrogens is 452 g/mol. The molecule has 5 rings (SSSR count). The molecule has 3 fully saturated rings. The first kappa shape index (κ1) is 25.9. The lowest BCUT2D eigenvalue weighted by Gasteiger charge is -2.58. The van der Waals surface area contributed by atoms with Gasteiger partial charge in [0.05, 0.1) is 12.4 Å². The van der Waals surface area contributed by atoms with Gasteiger partial charge in [0.1, 0.15) is 12.2 Å². The summed E-state index contributed by atoms with van der Waals surface area (Å²) in [5.41, 5.74) is 3.62. The van der Waals surface area contributed by atoms with Gasteiger partial charge in [0, 0.05) is 32.6 Å². The molecule has 0 aromatic heterocycles. The van der Waals surface area contributed by atoms with E-state index in [9.17, 15) is 9.59 Å². The molecule has 0 bridgehead atoms. The van der Waals surface area contributed by atoms with Crippen molar-refractivity contribution >= 4 is 11.9 Å². The molecule has 5 aliphatic rings. The zero-order valence-corrected chi connectivity index (χ0v) is 23.2. The number of fused-ring (bicyclic) bond motifs is 7. The van der Waals surface area contributed by atoms with Gasteiger partial charge in [-0.3, -0.25) is 9.59 Å². The third-order valence-electron chi connectivity index (χ3n) is 11.0. The van der Waals surface area contributed by atoms with Crippen LogP contribution in [-0.4, -0.2) is 30.8 Å². The van der Waals surface area contributed by atoms with E-state index in [0.29, 0.717) is 35.9 Å². The average molecular weight is 499 g/mol. The molecule has 0 aromatic rings. The van der Waals surface area contributed by atoms with Crippen LogP contribution in [0.1, 0.15) is 99.3 Å². The Morgan fingerprint density at radius 3 is 2.64 bits per heavy atom. The molecule has 0 saturated heterocycles. The Morgan fingerprint density at radius 2 is 1.92 bits per heavy atom. The van der Waals surface area contributed by atoms with Crippen LogP contribution < -0.4 is 0 Å². The molecule has 0 spiro atoms. The lowest BCUT2D eigenvalue weighted by molar-refractivity contribution is -0.148. The van der Waals surface area contributed by atoms with Gasteiger partial charge in [0.25, 0.3) is 0 Å². The van der Waals surface area contributed by atoms with E-state index in [-0.39, 0.29) is 23.5 Å². The maximum absolute atomic E-state index is 11.5. The van der Waals surface area contributed by atoms with Crippen molar-refractivity contribution in [2.75, 3.05) is 6.61 Å². The molecule has 9 atom stereocenters. The molecule has 1 aliphatic heterocycles. The third-order valence-corrected chi connectivity index (χ3v) is 11.0. The summed E-state index contributed by atoms with van der Waals surface area (Å²) in [6, 6.07) is 0. The second kappa shape index (κ2) is 9.51. The summed E-state index contributed by atoms with van der Waals surface area (Å²) in [5, 5.41) is 0. The van der Waals surface area contributed by atoms with E-state index < -0.39 is 0 Å². The summed E-state index contributed by atoms with van der Waals surface area (Å²) in [5.74, 6) is 3.93. The SMILES string of the molecule is CC(=O)OC[C@@H](C)CCC1=C(C)C2[C@H](C[C@H]3C4CC=C5C[C@@H](OC(C)=O)CC[C@]5(C)C4CC[C@]23C)O1. The van der Waals surface area contributed by atoms with Crippen LogP contribution in [0.5, 0.6) is 0 Å². The van der Waals surface area contributed by atoms with E-state index in [0.717, 1.165) is 43.9 Å². The topological polar surface area (TPSA) is 61.8 Å². The van der Waals surface area contributed by atoms with Crippen molar-refractivity contribution in [2.24, 2.45) is 40.4 Å². The molecule has 36 heavy (non-hydrogen) atoms. The molecule has 0 radical (unpaired) electrons. The normalized spacial score (nSPS) is 41.8. The van der Waals surface area contributed by atoms with Crippen LogP contribution in [-0.2, 0) is 23.8 Å². The predicted molar refractivity (Wildman–Crippen MR) is 139 cm³/mol. The van der Waals surface area contributed by atoms with Crippen LogP contribution in [0, 0.1) is 40.4 Å². The lowest BCUT2D eigenvalue weighted by atomic mass is 9.47. The van der Waals surface area contributed by atoms with Gasteiger partial charge < -0.3 is 14.2 Å². The van der Waals surface area contributed by atoms with Crippen LogP contribution >= 0.6 is 0 Å². The average Bonchev–Trinajstić information content (AvgIpc) is 3.29. The van der Waals surface area contributed by atoms with Crippen molar-refractivity contribution < 1.29 is 23.8 Å². The number of carbonyl (C=O) groups is 2. The second-order valence-corrected chi connectivity index (χ2v) is 13.2. The standard InChI is InChI=1S/C31H46O5/c1-18(17-34-20(3)32)7-10-27-19(2)29-28(36-27)16-26-24-9-8-22-15-23(35-21(4)33)11-13-30(22,5)25(24)12-14-31(26,29)6/h8,18,23-26,28-29H,7,9-17H2,1-6H3/t18-,23-,24?,25?,26-,28-,29?,30-,31-/m0/s1. The Morgan fingerprint density at radius 1 is 1.14 bits per heavy atom. The van der Waals surface area contributed by atoms with Gasteiger partial charge in [-0.1, -0.05) is 32.4 Å². The maximum atomic E-state index is 11.5. The summed E-state index contributed by atoms with van der Waals surface area (Å²) in [6.45, 7) is 13.1. The van der Waals surface area contributed by atoms with Crippen LogP contribution in [0.3, 0.4) is 0 Å². The molecule has 3 unspecified atom stereocenters. The van der Waals surface area contributed by atoms with Crippen LogP contribution in [0.2, 0.25) is 0 Å². The number of allylic oxidation sites excluding steroid dienone is 2.